The van der Waals surface area contributed by atoms with Gasteiger partial charge >= 0.3 is 5.97 Å². The van der Waals surface area contributed by atoms with Gasteiger partial charge in [-0.1, -0.05) is 49.4 Å². The molecule has 0 aliphatic rings. The number of para-hydroxylation sites is 1. The summed E-state index contributed by atoms with van der Waals surface area (Å²) < 4.78 is 10.7. The maximum atomic E-state index is 12.4. The zero-order chi connectivity index (χ0) is 21.3. The second-order valence-corrected chi connectivity index (χ2v) is 6.85. The fraction of sp³-hybridized carbons (Fsp3) is 0.200. The van der Waals surface area contributed by atoms with Gasteiger partial charge in [-0.15, -0.1) is 0 Å². The van der Waals surface area contributed by atoms with Gasteiger partial charge in [0.25, 0.3) is 0 Å². The maximum Gasteiger partial charge on any atom is 0.344 e. The number of esters is 1. The first-order valence-electron chi connectivity index (χ1n) is 9.92. The number of Topliss-reactive ketones (excluding diaryl/α,β-unsaturated/α-hetero) is 1. The number of nitrogens with one attached hydrogen (secondary N) is 1. The van der Waals surface area contributed by atoms with E-state index in [-0.39, 0.29) is 12.4 Å². The van der Waals surface area contributed by atoms with Crippen LogP contribution in [0.1, 0.15) is 29.8 Å². The molecular formula is C25H25NO4. The predicted molar refractivity (Wildman–Crippen MR) is 117 cm³/mol. The fourth-order valence-corrected chi connectivity index (χ4v) is 2.89. The third-order valence-corrected chi connectivity index (χ3v) is 4.60. The highest BCUT2D eigenvalue weighted by atomic mass is 16.6. The van der Waals surface area contributed by atoms with Gasteiger partial charge in [0.15, 0.2) is 12.7 Å². The molecule has 154 valence electrons. The van der Waals surface area contributed by atoms with Crippen LogP contribution in [-0.2, 0) is 16.0 Å². The van der Waals surface area contributed by atoms with E-state index in [1.54, 1.807) is 31.2 Å². The van der Waals surface area contributed by atoms with Crippen LogP contribution in [0.5, 0.6) is 5.75 Å². The summed E-state index contributed by atoms with van der Waals surface area (Å²) in [5, 5.41) is 3.27. The summed E-state index contributed by atoms with van der Waals surface area (Å²) in [5.41, 5.74) is 3.56. The summed E-state index contributed by atoms with van der Waals surface area (Å²) in [7, 11) is 0. The number of ketones is 1. The summed E-state index contributed by atoms with van der Waals surface area (Å²) in [6, 6.07) is 24.4. The Labute approximate surface area is 176 Å². The molecule has 0 fully saturated rings. The van der Waals surface area contributed by atoms with Crippen molar-refractivity contribution >= 4 is 23.1 Å². The monoisotopic (exact) mass is 403 g/mol. The molecule has 0 aromatic heterocycles. The third kappa shape index (κ3) is 5.95. The molecule has 0 saturated heterocycles. The standard InChI is InChI=1S/C25H25NO4/c1-3-19-9-11-20(12-10-19)25(28)18(2)30-24(27)17-29-23-15-13-22(14-16-23)26-21-7-5-4-6-8-21/h4-16,18,26H,3,17H2,1-2H3/t18-/m0/s1. The first kappa shape index (κ1) is 21.1. The first-order chi connectivity index (χ1) is 14.5. The summed E-state index contributed by atoms with van der Waals surface area (Å²) in [6.45, 7) is 3.35. The zero-order valence-electron chi connectivity index (χ0n) is 17.1. The minimum absolute atomic E-state index is 0.234. The number of carbonyl (C=O) groups excluding carboxylic acids is 2. The first-order valence-corrected chi connectivity index (χ1v) is 9.92. The number of benzene rings is 3. The average Bonchev–Trinajstić information content (AvgIpc) is 2.79. The van der Waals surface area contributed by atoms with Crippen LogP contribution in [-0.4, -0.2) is 24.5 Å². The van der Waals surface area contributed by atoms with Gasteiger partial charge in [-0.05, 0) is 55.3 Å². The molecule has 5 nitrogen and oxygen atoms in total. The van der Waals surface area contributed by atoms with Gasteiger partial charge < -0.3 is 14.8 Å². The Hall–Kier alpha value is -3.60. The molecule has 5 heteroatoms. The number of carbonyl (C=O) groups is 2. The van der Waals surface area contributed by atoms with Crippen LogP contribution >= 0.6 is 0 Å². The van der Waals surface area contributed by atoms with Crippen molar-refractivity contribution in [1.29, 1.82) is 0 Å². The molecule has 0 amide bonds. The Morgan fingerprint density at radius 3 is 2.13 bits per heavy atom. The van der Waals surface area contributed by atoms with Gasteiger partial charge in [-0.2, -0.15) is 0 Å². The zero-order valence-corrected chi connectivity index (χ0v) is 17.1. The van der Waals surface area contributed by atoms with Crippen molar-refractivity contribution in [3.63, 3.8) is 0 Å². The normalized spacial score (nSPS) is 11.4. The number of hydrogen-bond acceptors (Lipinski definition) is 5. The van der Waals surface area contributed by atoms with Gasteiger partial charge in [0.05, 0.1) is 0 Å². The SMILES string of the molecule is CCc1ccc(C(=O)[C@H](C)OC(=O)COc2ccc(Nc3ccccc3)cc2)cc1. The lowest BCUT2D eigenvalue weighted by Crippen LogP contribution is -2.27. The highest BCUT2D eigenvalue weighted by molar-refractivity contribution is 6.00. The highest BCUT2D eigenvalue weighted by Gasteiger charge is 2.19. The van der Waals surface area contributed by atoms with E-state index in [2.05, 4.69) is 12.2 Å². The molecular weight excluding hydrogens is 378 g/mol. The molecule has 0 aliphatic carbocycles. The van der Waals surface area contributed by atoms with E-state index < -0.39 is 12.1 Å². The van der Waals surface area contributed by atoms with Crippen LogP contribution in [0.15, 0.2) is 78.9 Å². The molecule has 0 radical (unpaired) electrons. The minimum Gasteiger partial charge on any atom is -0.482 e. The summed E-state index contributed by atoms with van der Waals surface area (Å²) in [4.78, 5) is 24.5. The summed E-state index contributed by atoms with van der Waals surface area (Å²) >= 11 is 0. The average molecular weight is 403 g/mol. The Morgan fingerprint density at radius 2 is 1.50 bits per heavy atom. The maximum absolute atomic E-state index is 12.4. The van der Waals surface area contributed by atoms with Crippen molar-refractivity contribution in [1.82, 2.24) is 0 Å². The molecule has 3 aromatic carbocycles. The van der Waals surface area contributed by atoms with Crippen molar-refractivity contribution in [3.05, 3.63) is 90.0 Å². The van der Waals surface area contributed by atoms with Crippen molar-refractivity contribution in [3.8, 4) is 5.75 Å². The Balaban J connectivity index is 1.47. The Morgan fingerprint density at radius 1 is 0.867 bits per heavy atom. The third-order valence-electron chi connectivity index (χ3n) is 4.60. The molecule has 0 aliphatic heterocycles. The molecule has 1 N–H and O–H groups in total. The number of anilines is 2. The smallest absolute Gasteiger partial charge is 0.344 e. The molecule has 0 bridgehead atoms. The van der Waals surface area contributed by atoms with Crippen LogP contribution in [0.4, 0.5) is 11.4 Å². The topological polar surface area (TPSA) is 64.6 Å². The second kappa shape index (κ2) is 10.3. The van der Waals surface area contributed by atoms with Gasteiger partial charge in [-0.25, -0.2) is 4.79 Å². The van der Waals surface area contributed by atoms with Crippen molar-refractivity contribution < 1.29 is 19.1 Å². The minimum atomic E-state index is -0.869. The van der Waals surface area contributed by atoms with E-state index in [1.807, 2.05) is 54.6 Å². The Kier molecular flexibility index (Phi) is 7.22. The van der Waals surface area contributed by atoms with E-state index in [4.69, 9.17) is 9.47 Å². The molecule has 3 aromatic rings. The number of rotatable bonds is 9. The number of ether oxygens (including phenoxy) is 2. The van der Waals surface area contributed by atoms with Crippen LogP contribution in [0, 0.1) is 0 Å². The lowest BCUT2D eigenvalue weighted by atomic mass is 10.0. The number of hydrogen-bond donors (Lipinski definition) is 1. The van der Waals surface area contributed by atoms with E-state index in [1.165, 1.54) is 0 Å². The molecule has 0 heterocycles. The summed E-state index contributed by atoms with van der Waals surface area (Å²) in [6.07, 6.45) is 0.0330. The lowest BCUT2D eigenvalue weighted by Gasteiger charge is -2.13. The largest absolute Gasteiger partial charge is 0.482 e. The van der Waals surface area contributed by atoms with Crippen LogP contribution in [0.2, 0.25) is 0 Å². The molecule has 0 saturated carbocycles. The van der Waals surface area contributed by atoms with Crippen molar-refractivity contribution in [2.75, 3.05) is 11.9 Å². The molecule has 1 atom stereocenters. The molecule has 0 spiro atoms. The fourth-order valence-electron chi connectivity index (χ4n) is 2.89. The molecule has 30 heavy (non-hydrogen) atoms. The molecule has 0 unspecified atom stereocenters. The number of aryl methyl sites for hydroxylation is 1. The Bertz CT molecular complexity index is 966. The molecule has 3 rings (SSSR count). The van der Waals surface area contributed by atoms with Gasteiger partial charge in [-0.3, -0.25) is 4.79 Å². The highest BCUT2D eigenvalue weighted by Crippen LogP contribution is 2.20. The summed E-state index contributed by atoms with van der Waals surface area (Å²) in [5.74, 6) is -0.283. The van der Waals surface area contributed by atoms with E-state index in [0.717, 1.165) is 23.4 Å². The second-order valence-electron chi connectivity index (χ2n) is 6.85. The van der Waals surface area contributed by atoms with Gasteiger partial charge in [0.2, 0.25) is 5.78 Å². The van der Waals surface area contributed by atoms with Crippen molar-refractivity contribution in [2.24, 2.45) is 0 Å². The van der Waals surface area contributed by atoms with Gasteiger partial charge in [0, 0.05) is 16.9 Å². The van der Waals surface area contributed by atoms with E-state index in [0.29, 0.717) is 11.3 Å². The lowest BCUT2D eigenvalue weighted by molar-refractivity contribution is -0.148. The van der Waals surface area contributed by atoms with E-state index >= 15 is 0 Å². The quantitative estimate of drug-likeness (QED) is 0.394. The van der Waals surface area contributed by atoms with E-state index in [9.17, 15) is 9.59 Å². The van der Waals surface area contributed by atoms with Crippen LogP contribution in [0.3, 0.4) is 0 Å². The van der Waals surface area contributed by atoms with Crippen LogP contribution < -0.4 is 10.1 Å². The van der Waals surface area contributed by atoms with Crippen LogP contribution in [0.25, 0.3) is 0 Å². The van der Waals surface area contributed by atoms with Gasteiger partial charge in [0.1, 0.15) is 5.75 Å². The van der Waals surface area contributed by atoms with Crippen molar-refractivity contribution in [2.45, 2.75) is 26.4 Å². The predicted octanol–water partition coefficient (Wildman–Crippen LogP) is 5.19.